The molecule has 0 aliphatic rings. The standard InChI is InChI=1S/C27H24Cl2FN5.CH4O3S/c1-15-31-21-13-12-20(32-26(21)35(15)14-27(2,3)4)24-23(16-8-10-17(30)11-9-16)33-25(34-24)22-18(28)6-5-7-19(22)29;1-5(2,3)4/h5-13H,14H2,1-4H3,(H,33,34);1H3,(H,2,3,4). The maximum absolute atomic E-state index is 13.7. The Morgan fingerprint density at radius 3 is 2.15 bits per heavy atom. The highest BCUT2D eigenvalue weighted by molar-refractivity contribution is 7.85. The van der Waals surface area contributed by atoms with E-state index >= 15 is 0 Å². The average Bonchev–Trinajstić information content (AvgIpc) is 3.39. The van der Waals surface area contributed by atoms with Gasteiger partial charge in [-0.05, 0) is 60.9 Å². The zero-order valence-corrected chi connectivity index (χ0v) is 24.8. The summed E-state index contributed by atoms with van der Waals surface area (Å²) >= 11 is 13.0. The van der Waals surface area contributed by atoms with E-state index in [0.717, 1.165) is 29.1 Å². The van der Waals surface area contributed by atoms with Gasteiger partial charge in [-0.1, -0.05) is 50.0 Å². The van der Waals surface area contributed by atoms with Crippen molar-refractivity contribution in [3.05, 3.63) is 76.3 Å². The minimum Gasteiger partial charge on any atom is -0.336 e. The van der Waals surface area contributed by atoms with Crippen molar-refractivity contribution in [1.29, 1.82) is 0 Å². The molecule has 0 radical (unpaired) electrons. The first-order valence-electron chi connectivity index (χ1n) is 12.2. The lowest BCUT2D eigenvalue weighted by molar-refractivity contribution is 0.344. The van der Waals surface area contributed by atoms with Crippen LogP contribution in [0.25, 0.3) is 45.2 Å². The van der Waals surface area contributed by atoms with Gasteiger partial charge in [0.05, 0.1) is 38.9 Å². The van der Waals surface area contributed by atoms with Gasteiger partial charge in [-0.3, -0.25) is 4.55 Å². The Morgan fingerprint density at radius 1 is 0.975 bits per heavy atom. The molecule has 0 spiro atoms. The molecule has 0 fully saturated rings. The smallest absolute Gasteiger partial charge is 0.261 e. The maximum Gasteiger partial charge on any atom is 0.261 e. The number of hydrogen-bond acceptors (Lipinski definition) is 5. The number of H-pyrrole nitrogens is 1. The van der Waals surface area contributed by atoms with Gasteiger partial charge in [0.15, 0.2) is 5.65 Å². The largest absolute Gasteiger partial charge is 0.336 e. The number of pyridine rings is 1. The molecule has 0 saturated heterocycles. The number of imidazole rings is 2. The van der Waals surface area contributed by atoms with Gasteiger partial charge in [0.1, 0.15) is 23.0 Å². The fourth-order valence-corrected chi connectivity index (χ4v) is 4.71. The van der Waals surface area contributed by atoms with E-state index in [4.69, 9.17) is 42.7 Å². The van der Waals surface area contributed by atoms with Crippen LogP contribution in [0.2, 0.25) is 10.0 Å². The van der Waals surface area contributed by atoms with Gasteiger partial charge in [0.25, 0.3) is 10.1 Å². The Bertz CT molecular complexity index is 1770. The second kappa shape index (κ2) is 11.3. The lowest BCUT2D eigenvalue weighted by atomic mass is 9.97. The fraction of sp³-hybridized carbons (Fsp3) is 0.250. The Labute approximate surface area is 242 Å². The molecule has 0 bridgehead atoms. The summed E-state index contributed by atoms with van der Waals surface area (Å²) < 4.78 is 41.7. The lowest BCUT2D eigenvalue weighted by Gasteiger charge is -2.20. The van der Waals surface area contributed by atoms with Crippen molar-refractivity contribution in [3.8, 4) is 34.0 Å². The number of nitrogens with one attached hydrogen (secondary N) is 1. The van der Waals surface area contributed by atoms with Gasteiger partial charge in [-0.25, -0.2) is 19.3 Å². The predicted molar refractivity (Wildman–Crippen MR) is 158 cm³/mol. The number of hydrogen-bond donors (Lipinski definition) is 2. The van der Waals surface area contributed by atoms with Gasteiger partial charge < -0.3 is 9.55 Å². The summed E-state index contributed by atoms with van der Waals surface area (Å²) in [6.45, 7) is 9.32. The zero-order valence-electron chi connectivity index (χ0n) is 22.5. The topological polar surface area (TPSA) is 114 Å². The van der Waals surface area contributed by atoms with E-state index in [1.54, 1.807) is 30.3 Å². The highest BCUT2D eigenvalue weighted by Gasteiger charge is 2.22. The molecular formula is C28H28Cl2FN5O3S. The molecular weight excluding hydrogens is 576 g/mol. The normalized spacial score (nSPS) is 11.9. The molecule has 3 aromatic heterocycles. The van der Waals surface area contributed by atoms with E-state index in [1.165, 1.54) is 12.1 Å². The molecule has 3 heterocycles. The van der Waals surface area contributed by atoms with E-state index in [0.29, 0.717) is 44.8 Å². The second-order valence-corrected chi connectivity index (χ2v) is 12.8. The minimum atomic E-state index is -3.67. The number of aryl methyl sites for hydroxylation is 1. The van der Waals surface area contributed by atoms with Crippen molar-refractivity contribution in [1.82, 2.24) is 24.5 Å². The fourth-order valence-electron chi connectivity index (χ4n) is 4.14. The van der Waals surface area contributed by atoms with Crippen molar-refractivity contribution in [2.45, 2.75) is 34.2 Å². The third-order valence-electron chi connectivity index (χ3n) is 5.69. The summed E-state index contributed by atoms with van der Waals surface area (Å²) in [5.74, 6) is 1.10. The zero-order chi connectivity index (χ0) is 29.4. The van der Waals surface area contributed by atoms with E-state index in [2.05, 4.69) is 30.3 Å². The first-order valence-corrected chi connectivity index (χ1v) is 14.8. The Morgan fingerprint density at radius 2 is 1.57 bits per heavy atom. The summed E-state index contributed by atoms with van der Waals surface area (Å²) in [6, 6.07) is 15.4. The van der Waals surface area contributed by atoms with E-state index in [1.807, 2.05) is 19.1 Å². The van der Waals surface area contributed by atoms with Crippen molar-refractivity contribution in [2.24, 2.45) is 5.41 Å². The molecule has 210 valence electrons. The number of halogens is 3. The van der Waals surface area contributed by atoms with Crippen LogP contribution in [0.4, 0.5) is 4.39 Å². The minimum absolute atomic E-state index is 0.0529. The van der Waals surface area contributed by atoms with E-state index in [-0.39, 0.29) is 11.2 Å². The molecule has 2 aromatic carbocycles. The third-order valence-corrected chi connectivity index (χ3v) is 6.32. The van der Waals surface area contributed by atoms with Crippen LogP contribution in [0.5, 0.6) is 0 Å². The molecule has 5 aromatic rings. The van der Waals surface area contributed by atoms with Crippen LogP contribution in [-0.2, 0) is 16.7 Å². The van der Waals surface area contributed by atoms with Crippen LogP contribution >= 0.6 is 23.2 Å². The van der Waals surface area contributed by atoms with Gasteiger partial charge in [-0.2, -0.15) is 8.42 Å². The van der Waals surface area contributed by atoms with Crippen molar-refractivity contribution in [2.75, 3.05) is 6.26 Å². The molecule has 0 aliphatic heterocycles. The molecule has 2 N–H and O–H groups in total. The predicted octanol–water partition coefficient (Wildman–Crippen LogP) is 7.46. The molecule has 12 heteroatoms. The molecule has 5 rings (SSSR count). The number of aromatic nitrogens is 5. The monoisotopic (exact) mass is 603 g/mol. The maximum atomic E-state index is 13.7. The Kier molecular flexibility index (Phi) is 8.37. The number of rotatable bonds is 4. The highest BCUT2D eigenvalue weighted by Crippen LogP contribution is 2.38. The average molecular weight is 605 g/mol. The second-order valence-electron chi connectivity index (χ2n) is 10.5. The first kappa shape index (κ1) is 29.7. The highest BCUT2D eigenvalue weighted by atomic mass is 35.5. The quantitative estimate of drug-likeness (QED) is 0.206. The van der Waals surface area contributed by atoms with Gasteiger partial charge in [0, 0.05) is 12.1 Å². The summed E-state index contributed by atoms with van der Waals surface area (Å²) in [7, 11) is -3.67. The van der Waals surface area contributed by atoms with Crippen LogP contribution in [-0.4, -0.2) is 43.7 Å². The van der Waals surface area contributed by atoms with Crippen molar-refractivity contribution < 1.29 is 17.4 Å². The van der Waals surface area contributed by atoms with Crippen LogP contribution < -0.4 is 0 Å². The number of fused-ring (bicyclic) bond motifs is 1. The Hall–Kier alpha value is -3.31. The first-order chi connectivity index (χ1) is 18.6. The molecule has 0 atom stereocenters. The molecule has 8 nitrogen and oxygen atoms in total. The molecule has 40 heavy (non-hydrogen) atoms. The SMILES string of the molecule is CS(=O)(=O)O.Cc1nc2ccc(-c3[nH]c(-c4c(Cl)cccc4Cl)nc3-c3ccc(F)cc3)nc2n1CC(C)(C)C. The summed E-state index contributed by atoms with van der Waals surface area (Å²) in [6.07, 6.45) is 0.715. The summed E-state index contributed by atoms with van der Waals surface area (Å²) in [5.41, 5.74) is 5.02. The summed E-state index contributed by atoms with van der Waals surface area (Å²) in [4.78, 5) is 17.9. The van der Waals surface area contributed by atoms with Gasteiger partial charge in [-0.15, -0.1) is 0 Å². The van der Waals surface area contributed by atoms with Crippen molar-refractivity contribution in [3.63, 3.8) is 0 Å². The molecule has 0 saturated carbocycles. The molecule has 0 amide bonds. The van der Waals surface area contributed by atoms with E-state index < -0.39 is 10.1 Å². The lowest BCUT2D eigenvalue weighted by Crippen LogP contribution is -2.16. The van der Waals surface area contributed by atoms with Crippen LogP contribution in [0.15, 0.2) is 54.6 Å². The van der Waals surface area contributed by atoms with E-state index in [9.17, 15) is 12.8 Å². The summed E-state index contributed by atoms with van der Waals surface area (Å²) in [5, 5.41) is 0.955. The number of benzene rings is 2. The van der Waals surface area contributed by atoms with Crippen LogP contribution in [0.3, 0.4) is 0 Å². The van der Waals surface area contributed by atoms with Crippen molar-refractivity contribution >= 4 is 44.5 Å². The van der Waals surface area contributed by atoms with Crippen LogP contribution in [0.1, 0.15) is 26.6 Å². The molecule has 0 unspecified atom stereocenters. The van der Waals surface area contributed by atoms with Crippen LogP contribution in [0, 0.1) is 18.2 Å². The molecule has 0 aliphatic carbocycles. The third kappa shape index (κ3) is 7.06. The van der Waals surface area contributed by atoms with Gasteiger partial charge in [0.2, 0.25) is 0 Å². The number of nitrogens with zero attached hydrogens (tertiary/aromatic N) is 4. The van der Waals surface area contributed by atoms with Gasteiger partial charge >= 0.3 is 0 Å². The number of aromatic amines is 1. The Balaban J connectivity index is 0.000000681.